The highest BCUT2D eigenvalue weighted by Gasteiger charge is 2.73. The number of nitrogens with zero attached hydrogens (tertiary/aromatic N) is 1. The Morgan fingerprint density at radius 3 is 2.74 bits per heavy atom. The van der Waals surface area contributed by atoms with Gasteiger partial charge in [-0.15, -0.1) is 0 Å². The first-order valence-corrected chi connectivity index (χ1v) is 13.2. The summed E-state index contributed by atoms with van der Waals surface area (Å²) in [5.74, 6) is 1.13. The molecule has 35 heavy (non-hydrogen) atoms. The van der Waals surface area contributed by atoms with Gasteiger partial charge in [-0.3, -0.25) is 9.69 Å². The minimum Gasteiger partial charge on any atom is -0.504 e. The number of likely N-dealkylation sites (tertiary alicyclic amines) is 1. The lowest BCUT2D eigenvalue weighted by atomic mass is 9.48. The molecule has 2 bridgehead atoms. The Hall–Kier alpha value is -2.57. The maximum absolute atomic E-state index is 12.9. The fourth-order valence-corrected chi connectivity index (χ4v) is 7.68. The first-order chi connectivity index (χ1) is 17.0. The summed E-state index contributed by atoms with van der Waals surface area (Å²) >= 11 is 0. The Balaban J connectivity index is 1.20. The van der Waals surface area contributed by atoms with E-state index in [1.807, 2.05) is 36.4 Å². The van der Waals surface area contributed by atoms with Crippen molar-refractivity contribution in [3.05, 3.63) is 59.2 Å². The van der Waals surface area contributed by atoms with Crippen LogP contribution in [0.2, 0.25) is 0 Å². The number of esters is 1. The molecule has 184 valence electrons. The van der Waals surface area contributed by atoms with Gasteiger partial charge in [0.1, 0.15) is 12.2 Å². The fourth-order valence-electron chi connectivity index (χ4n) is 7.68. The van der Waals surface area contributed by atoms with E-state index in [1.54, 1.807) is 6.07 Å². The minimum atomic E-state index is -0.955. The summed E-state index contributed by atoms with van der Waals surface area (Å²) in [6.45, 7) is 1.94. The molecule has 0 radical (unpaired) electrons. The molecule has 1 spiro atoms. The number of hydrogen-bond donors (Lipinski definition) is 2. The highest BCUT2D eigenvalue weighted by atomic mass is 16.6. The van der Waals surface area contributed by atoms with Gasteiger partial charge in [-0.1, -0.05) is 36.4 Å². The van der Waals surface area contributed by atoms with Crippen LogP contribution in [-0.2, 0) is 27.8 Å². The molecule has 2 aromatic rings. The summed E-state index contributed by atoms with van der Waals surface area (Å²) in [6.07, 6.45) is 5.26. The van der Waals surface area contributed by atoms with Crippen LogP contribution >= 0.6 is 0 Å². The van der Waals surface area contributed by atoms with Gasteiger partial charge in [-0.2, -0.15) is 0 Å². The normalized spacial score (nSPS) is 34.7. The predicted molar refractivity (Wildman–Crippen MR) is 129 cm³/mol. The van der Waals surface area contributed by atoms with Crippen LogP contribution in [0.3, 0.4) is 0 Å². The lowest BCUT2D eigenvalue weighted by molar-refractivity contribution is -0.216. The average Bonchev–Trinajstić information content (AvgIpc) is 3.60. The molecule has 2 aromatic carbocycles. The van der Waals surface area contributed by atoms with Crippen molar-refractivity contribution in [2.24, 2.45) is 5.92 Å². The van der Waals surface area contributed by atoms with Gasteiger partial charge >= 0.3 is 5.97 Å². The van der Waals surface area contributed by atoms with Crippen LogP contribution in [-0.4, -0.2) is 58.0 Å². The van der Waals surface area contributed by atoms with Gasteiger partial charge in [0.05, 0.1) is 11.0 Å². The molecule has 2 aliphatic heterocycles. The van der Waals surface area contributed by atoms with Gasteiger partial charge < -0.3 is 19.7 Å². The number of benzene rings is 2. The summed E-state index contributed by atoms with van der Waals surface area (Å²) in [5.41, 5.74) is 1.63. The van der Waals surface area contributed by atoms with E-state index in [9.17, 15) is 15.0 Å². The van der Waals surface area contributed by atoms with E-state index in [-0.39, 0.29) is 17.8 Å². The van der Waals surface area contributed by atoms with Crippen LogP contribution in [0, 0.1) is 5.92 Å². The number of piperidine rings is 1. The number of aryl methyl sites for hydroxylation is 1. The maximum Gasteiger partial charge on any atom is 0.306 e. The number of carbonyl (C=O) groups excluding carboxylic acids is 1. The van der Waals surface area contributed by atoms with Crippen LogP contribution < -0.4 is 4.74 Å². The first kappa shape index (κ1) is 21.7. The van der Waals surface area contributed by atoms with Crippen LogP contribution in [0.5, 0.6) is 11.5 Å². The zero-order chi connectivity index (χ0) is 23.8. The third-order valence-electron chi connectivity index (χ3n) is 9.45. The van der Waals surface area contributed by atoms with Crippen molar-refractivity contribution < 1.29 is 24.5 Å². The molecule has 7 rings (SSSR count). The van der Waals surface area contributed by atoms with Gasteiger partial charge in [0, 0.05) is 24.6 Å². The van der Waals surface area contributed by atoms with Gasteiger partial charge in [0.25, 0.3) is 0 Å². The van der Waals surface area contributed by atoms with E-state index < -0.39 is 23.2 Å². The molecule has 0 unspecified atom stereocenters. The Morgan fingerprint density at radius 1 is 1.11 bits per heavy atom. The Bertz CT molecular complexity index is 1160. The van der Waals surface area contributed by atoms with Crippen molar-refractivity contribution in [1.29, 1.82) is 0 Å². The predicted octanol–water partition coefficient (Wildman–Crippen LogP) is 3.50. The highest BCUT2D eigenvalue weighted by Crippen LogP contribution is 2.65. The summed E-state index contributed by atoms with van der Waals surface area (Å²) in [4.78, 5) is 15.4. The molecule has 2 heterocycles. The Labute approximate surface area is 205 Å². The van der Waals surface area contributed by atoms with Crippen molar-refractivity contribution >= 4 is 5.97 Å². The number of rotatable bonds is 6. The van der Waals surface area contributed by atoms with E-state index >= 15 is 0 Å². The second kappa shape index (κ2) is 7.71. The molecule has 5 atom stereocenters. The monoisotopic (exact) mass is 475 g/mol. The van der Waals surface area contributed by atoms with Crippen molar-refractivity contribution in [3.8, 4) is 11.5 Å². The zero-order valence-corrected chi connectivity index (χ0v) is 20.0. The summed E-state index contributed by atoms with van der Waals surface area (Å²) < 4.78 is 12.5. The number of hydrogen-bond acceptors (Lipinski definition) is 6. The standard InChI is InChI=1S/C29H33NO5/c31-21-10-9-20-16-23-29(33)13-12-22(34-24(32)11-8-18-4-2-1-3-5-18)27-28(29,25(20)26(21)35-27)14-15-30(23)17-19-6-7-19/h1-5,9-10,19,22-23,27,31,33H,6-8,11-17H2/t22-,23-,27-,28-,29+/m0/s1. The number of ether oxygens (including phenoxy) is 2. The molecular weight excluding hydrogens is 442 g/mol. The zero-order valence-electron chi connectivity index (χ0n) is 20.0. The number of aromatic hydroxyl groups is 1. The number of phenolic OH excluding ortho intramolecular Hbond substituents is 1. The molecule has 3 aliphatic carbocycles. The molecular formula is C29H33NO5. The van der Waals surface area contributed by atoms with Gasteiger partial charge in [-0.05, 0) is 74.6 Å². The smallest absolute Gasteiger partial charge is 0.306 e. The number of aliphatic hydroxyl groups is 1. The molecule has 2 saturated carbocycles. The van der Waals surface area contributed by atoms with Crippen LogP contribution in [0.4, 0.5) is 0 Å². The lowest BCUT2D eigenvalue weighted by Crippen LogP contribution is -2.77. The quantitative estimate of drug-likeness (QED) is 0.623. The van der Waals surface area contributed by atoms with Crippen molar-refractivity contribution in [2.75, 3.05) is 13.1 Å². The molecule has 5 aliphatic rings. The third-order valence-corrected chi connectivity index (χ3v) is 9.45. The molecule has 2 N–H and O–H groups in total. The molecule has 3 fully saturated rings. The topological polar surface area (TPSA) is 79.2 Å². The van der Waals surface area contributed by atoms with Crippen LogP contribution in [0.25, 0.3) is 0 Å². The van der Waals surface area contributed by atoms with Crippen molar-refractivity contribution in [1.82, 2.24) is 4.90 Å². The van der Waals surface area contributed by atoms with Crippen LogP contribution in [0.1, 0.15) is 55.2 Å². The maximum atomic E-state index is 12.9. The second-order valence-electron chi connectivity index (χ2n) is 11.3. The minimum absolute atomic E-state index is 0.0284. The lowest BCUT2D eigenvalue weighted by Gasteiger charge is -2.64. The largest absolute Gasteiger partial charge is 0.504 e. The molecule has 1 saturated heterocycles. The van der Waals surface area contributed by atoms with Gasteiger partial charge in [0.15, 0.2) is 11.5 Å². The number of phenols is 1. The van der Waals surface area contributed by atoms with E-state index in [4.69, 9.17) is 9.47 Å². The molecule has 6 nitrogen and oxygen atoms in total. The van der Waals surface area contributed by atoms with E-state index in [2.05, 4.69) is 4.90 Å². The van der Waals surface area contributed by atoms with E-state index in [0.717, 1.165) is 48.5 Å². The SMILES string of the molecule is O=C(CCc1ccccc1)O[C@H]1CC[C@@]2(O)[C@@H]3Cc4ccc(O)c5c4[C@@]2(CCN3CC2CC2)[C@H]1O5. The number of carbonyl (C=O) groups is 1. The Kier molecular flexibility index (Phi) is 4.78. The summed E-state index contributed by atoms with van der Waals surface area (Å²) in [7, 11) is 0. The molecule has 0 amide bonds. The molecule has 0 aromatic heterocycles. The second-order valence-corrected chi connectivity index (χ2v) is 11.3. The Morgan fingerprint density at radius 2 is 1.94 bits per heavy atom. The van der Waals surface area contributed by atoms with Crippen molar-refractivity contribution in [3.63, 3.8) is 0 Å². The van der Waals surface area contributed by atoms with Crippen LogP contribution in [0.15, 0.2) is 42.5 Å². The van der Waals surface area contributed by atoms with Crippen molar-refractivity contribution in [2.45, 2.75) is 80.6 Å². The third kappa shape index (κ3) is 3.12. The highest BCUT2D eigenvalue weighted by molar-refractivity contribution is 5.70. The van der Waals surface area contributed by atoms with Gasteiger partial charge in [-0.25, -0.2) is 0 Å². The summed E-state index contributed by atoms with van der Waals surface area (Å²) in [5, 5.41) is 23.2. The fraction of sp³-hybridized carbons (Fsp3) is 0.552. The average molecular weight is 476 g/mol. The summed E-state index contributed by atoms with van der Waals surface area (Å²) in [6, 6.07) is 13.7. The van der Waals surface area contributed by atoms with E-state index in [0.29, 0.717) is 31.4 Å². The van der Waals surface area contributed by atoms with Gasteiger partial charge in [0.2, 0.25) is 0 Å². The first-order valence-electron chi connectivity index (χ1n) is 13.2. The van der Waals surface area contributed by atoms with E-state index in [1.165, 1.54) is 12.8 Å². The molecule has 6 heteroatoms.